The van der Waals surface area contributed by atoms with E-state index in [1.165, 1.54) is 4.88 Å². The number of carbonyl (C=O) groups excluding carboxylic acids is 1. The maximum absolute atomic E-state index is 11.4. The van der Waals surface area contributed by atoms with Crippen LogP contribution in [-0.4, -0.2) is 10.9 Å². The van der Waals surface area contributed by atoms with Gasteiger partial charge < -0.3 is 10.6 Å². The summed E-state index contributed by atoms with van der Waals surface area (Å²) in [5.74, 6) is 0.0391. The van der Waals surface area contributed by atoms with Crippen molar-refractivity contribution in [3.63, 3.8) is 0 Å². The summed E-state index contributed by atoms with van der Waals surface area (Å²) >= 11 is 1.56. The molecular formula is C9H13N3OS. The van der Waals surface area contributed by atoms with Crippen molar-refractivity contribution < 1.29 is 4.79 Å². The molecule has 0 radical (unpaired) electrons. The molecule has 2 N–H and O–H groups in total. The summed E-state index contributed by atoms with van der Waals surface area (Å²) in [5.41, 5.74) is 1.08. The van der Waals surface area contributed by atoms with Gasteiger partial charge >= 0.3 is 0 Å². The van der Waals surface area contributed by atoms with Crippen molar-refractivity contribution >= 4 is 22.4 Å². The zero-order chi connectivity index (χ0) is 10.1. The number of aromatic nitrogens is 1. The van der Waals surface area contributed by atoms with Crippen molar-refractivity contribution in [2.24, 2.45) is 5.92 Å². The first-order valence-electron chi connectivity index (χ1n) is 4.67. The predicted octanol–water partition coefficient (Wildman–Crippen LogP) is 1.34. The van der Waals surface area contributed by atoms with Crippen LogP contribution in [0.15, 0.2) is 0 Å². The molecule has 1 aliphatic rings. The summed E-state index contributed by atoms with van der Waals surface area (Å²) in [6.45, 7) is 5.45. The van der Waals surface area contributed by atoms with E-state index < -0.39 is 0 Å². The number of anilines is 1. The van der Waals surface area contributed by atoms with Crippen molar-refractivity contribution in [1.29, 1.82) is 0 Å². The highest BCUT2D eigenvalue weighted by molar-refractivity contribution is 7.15. The molecule has 76 valence electrons. The molecule has 1 aliphatic heterocycles. The number of amides is 1. The number of nitrogens with one attached hydrogen (secondary N) is 2. The molecule has 5 heteroatoms. The topological polar surface area (TPSA) is 54.0 Å². The minimum Gasteiger partial charge on any atom is -0.306 e. The lowest BCUT2D eigenvalue weighted by atomic mass is 10.2. The molecule has 4 nitrogen and oxygen atoms in total. The highest BCUT2D eigenvalue weighted by atomic mass is 32.1. The Morgan fingerprint density at radius 1 is 1.57 bits per heavy atom. The lowest BCUT2D eigenvalue weighted by Crippen LogP contribution is -2.17. The van der Waals surface area contributed by atoms with Crippen molar-refractivity contribution in [3.05, 3.63) is 10.6 Å². The summed E-state index contributed by atoms with van der Waals surface area (Å²) in [4.78, 5) is 17.0. The Labute approximate surface area is 86.7 Å². The first-order chi connectivity index (χ1) is 6.66. The Morgan fingerprint density at radius 3 is 3.00 bits per heavy atom. The van der Waals surface area contributed by atoms with Gasteiger partial charge in [0, 0.05) is 23.9 Å². The van der Waals surface area contributed by atoms with Gasteiger partial charge in [-0.2, -0.15) is 0 Å². The van der Waals surface area contributed by atoms with E-state index in [4.69, 9.17) is 0 Å². The third kappa shape index (κ3) is 1.78. The fourth-order valence-corrected chi connectivity index (χ4v) is 2.21. The number of nitrogens with zero attached hydrogens (tertiary/aromatic N) is 1. The van der Waals surface area contributed by atoms with Gasteiger partial charge in [-0.3, -0.25) is 4.79 Å². The Kier molecular flexibility index (Phi) is 2.52. The Bertz CT molecular complexity index is 337. The van der Waals surface area contributed by atoms with E-state index in [2.05, 4.69) is 15.6 Å². The van der Waals surface area contributed by atoms with E-state index in [0.29, 0.717) is 0 Å². The predicted molar refractivity (Wildman–Crippen MR) is 56.1 cm³/mol. The second-order valence-corrected chi connectivity index (χ2v) is 4.72. The monoisotopic (exact) mass is 211 g/mol. The molecule has 0 aromatic carbocycles. The average molecular weight is 211 g/mol. The maximum atomic E-state index is 11.4. The van der Waals surface area contributed by atoms with Crippen LogP contribution in [0, 0.1) is 5.92 Å². The van der Waals surface area contributed by atoms with Gasteiger partial charge in [0.25, 0.3) is 0 Å². The molecular weight excluding hydrogens is 198 g/mol. The quantitative estimate of drug-likeness (QED) is 0.776. The smallest absolute Gasteiger partial charge is 0.228 e. The highest BCUT2D eigenvalue weighted by Gasteiger charge is 2.17. The summed E-state index contributed by atoms with van der Waals surface area (Å²) in [7, 11) is 0. The summed E-state index contributed by atoms with van der Waals surface area (Å²) < 4.78 is 0. The minimum absolute atomic E-state index is 0.00636. The molecule has 0 spiro atoms. The molecule has 0 bridgehead atoms. The minimum atomic E-state index is 0.00636. The average Bonchev–Trinajstić information content (AvgIpc) is 2.63. The summed E-state index contributed by atoms with van der Waals surface area (Å²) in [6, 6.07) is 0. The van der Waals surface area contributed by atoms with Gasteiger partial charge in [0.1, 0.15) is 0 Å². The fraction of sp³-hybridized carbons (Fsp3) is 0.556. The lowest BCUT2D eigenvalue weighted by molar-refractivity contribution is -0.118. The zero-order valence-electron chi connectivity index (χ0n) is 8.26. The zero-order valence-corrected chi connectivity index (χ0v) is 9.07. The second-order valence-electron chi connectivity index (χ2n) is 3.64. The van der Waals surface area contributed by atoms with Crippen LogP contribution in [0.25, 0.3) is 0 Å². The van der Waals surface area contributed by atoms with Crippen molar-refractivity contribution in [2.75, 3.05) is 5.32 Å². The van der Waals surface area contributed by atoms with Crippen LogP contribution in [0.3, 0.4) is 0 Å². The van der Waals surface area contributed by atoms with Crippen LogP contribution >= 0.6 is 11.3 Å². The van der Waals surface area contributed by atoms with Crippen LogP contribution in [0.2, 0.25) is 0 Å². The van der Waals surface area contributed by atoms with Crippen molar-refractivity contribution in [2.45, 2.75) is 26.9 Å². The molecule has 1 aromatic rings. The molecule has 0 atom stereocenters. The van der Waals surface area contributed by atoms with Crippen LogP contribution in [0.4, 0.5) is 5.13 Å². The normalized spacial score (nSPS) is 14.5. The molecule has 0 unspecified atom stereocenters. The van der Waals surface area contributed by atoms with Crippen molar-refractivity contribution in [1.82, 2.24) is 10.3 Å². The first-order valence-corrected chi connectivity index (χ1v) is 5.48. The van der Waals surface area contributed by atoms with Gasteiger partial charge in [0.15, 0.2) is 5.13 Å². The van der Waals surface area contributed by atoms with Crippen LogP contribution in [0.1, 0.15) is 24.4 Å². The second kappa shape index (κ2) is 3.67. The van der Waals surface area contributed by atoms with Crippen LogP contribution in [-0.2, 0) is 17.9 Å². The highest BCUT2D eigenvalue weighted by Crippen LogP contribution is 2.26. The van der Waals surface area contributed by atoms with Crippen LogP contribution in [0.5, 0.6) is 0 Å². The number of hydrogen-bond acceptors (Lipinski definition) is 4. The molecule has 0 fully saturated rings. The lowest BCUT2D eigenvalue weighted by Gasteiger charge is -2.03. The van der Waals surface area contributed by atoms with Gasteiger partial charge in [-0.05, 0) is 0 Å². The van der Waals surface area contributed by atoms with Gasteiger partial charge in [0.05, 0.1) is 5.69 Å². The SMILES string of the molecule is CC(C)C(=O)Nc1nc2c(s1)CNC2. The molecule has 2 heterocycles. The van der Waals surface area contributed by atoms with Gasteiger partial charge in [-0.25, -0.2) is 4.98 Å². The van der Waals surface area contributed by atoms with Crippen molar-refractivity contribution in [3.8, 4) is 0 Å². The molecule has 0 saturated carbocycles. The fourth-order valence-electron chi connectivity index (χ4n) is 1.26. The molecule has 1 aromatic heterocycles. The van der Waals surface area contributed by atoms with E-state index in [-0.39, 0.29) is 11.8 Å². The van der Waals surface area contributed by atoms with Crippen LogP contribution < -0.4 is 10.6 Å². The van der Waals surface area contributed by atoms with E-state index in [9.17, 15) is 4.79 Å². The number of hydrogen-bond donors (Lipinski definition) is 2. The Balaban J connectivity index is 2.07. The van der Waals surface area contributed by atoms with E-state index in [0.717, 1.165) is 23.9 Å². The van der Waals surface area contributed by atoms with E-state index >= 15 is 0 Å². The number of rotatable bonds is 2. The standard InChI is InChI=1S/C9H13N3OS/c1-5(2)8(13)12-9-11-6-3-10-4-7(6)14-9/h5,10H,3-4H2,1-2H3,(H,11,12,13). The maximum Gasteiger partial charge on any atom is 0.228 e. The van der Waals surface area contributed by atoms with Gasteiger partial charge in [-0.15, -0.1) is 11.3 Å². The Morgan fingerprint density at radius 2 is 2.36 bits per heavy atom. The number of thiazole rings is 1. The Hall–Kier alpha value is -0.940. The third-order valence-corrected chi connectivity index (χ3v) is 3.12. The summed E-state index contributed by atoms with van der Waals surface area (Å²) in [6.07, 6.45) is 0. The van der Waals surface area contributed by atoms with Gasteiger partial charge in [0.2, 0.25) is 5.91 Å². The molecule has 2 rings (SSSR count). The number of carbonyl (C=O) groups is 1. The van der Waals surface area contributed by atoms with E-state index in [1.807, 2.05) is 13.8 Å². The molecule has 1 amide bonds. The summed E-state index contributed by atoms with van der Waals surface area (Å²) in [5, 5.41) is 6.75. The number of fused-ring (bicyclic) bond motifs is 1. The first kappa shape index (κ1) is 9.61. The van der Waals surface area contributed by atoms with Gasteiger partial charge in [-0.1, -0.05) is 13.8 Å². The molecule has 0 saturated heterocycles. The largest absolute Gasteiger partial charge is 0.306 e. The third-order valence-electron chi connectivity index (χ3n) is 2.11. The molecule has 0 aliphatic carbocycles. The van der Waals surface area contributed by atoms with E-state index in [1.54, 1.807) is 11.3 Å². The molecule has 14 heavy (non-hydrogen) atoms.